The van der Waals surface area contributed by atoms with Gasteiger partial charge in [-0.15, -0.1) is 0 Å². The third-order valence-corrected chi connectivity index (χ3v) is 5.42. The Hall–Kier alpha value is -2.37. The van der Waals surface area contributed by atoms with Crippen LogP contribution in [-0.4, -0.2) is 27.5 Å². The molecule has 3 aromatic rings. The van der Waals surface area contributed by atoms with Gasteiger partial charge in [0.15, 0.2) is 0 Å². The second-order valence-electron chi connectivity index (χ2n) is 6.61. The molecule has 1 aliphatic heterocycles. The van der Waals surface area contributed by atoms with Gasteiger partial charge in [0.05, 0.1) is 10.0 Å². The molecular formula is C20H17Cl2N3O2. The molecule has 0 saturated carbocycles. The largest absolute Gasteiger partial charge is 0.337 e. The van der Waals surface area contributed by atoms with Crippen LogP contribution in [0.1, 0.15) is 40.7 Å². The predicted molar refractivity (Wildman–Crippen MR) is 104 cm³/mol. The maximum atomic E-state index is 12.9. The number of hydrogen-bond donors (Lipinski definition) is 0. The Bertz CT molecular complexity index is 1000. The average Bonchev–Trinajstić information content (AvgIpc) is 3.32. The van der Waals surface area contributed by atoms with Crippen LogP contribution in [0.2, 0.25) is 10.0 Å². The molecule has 1 saturated heterocycles. The lowest BCUT2D eigenvalue weighted by Crippen LogP contribution is -2.30. The first-order valence-corrected chi connectivity index (χ1v) is 9.45. The summed E-state index contributed by atoms with van der Waals surface area (Å²) in [5, 5.41) is 4.88. The number of aromatic nitrogens is 2. The lowest BCUT2D eigenvalue weighted by atomic mass is 10.1. The monoisotopic (exact) mass is 401 g/mol. The van der Waals surface area contributed by atoms with Gasteiger partial charge in [-0.3, -0.25) is 4.79 Å². The number of carbonyl (C=O) groups excluding carboxylic acids is 1. The Labute approximate surface area is 166 Å². The van der Waals surface area contributed by atoms with Crippen LogP contribution in [0.25, 0.3) is 11.4 Å². The molecule has 0 N–H and O–H groups in total. The molecule has 0 aliphatic carbocycles. The van der Waals surface area contributed by atoms with Crippen LogP contribution in [0.5, 0.6) is 0 Å². The van der Waals surface area contributed by atoms with Crippen molar-refractivity contribution in [3.63, 3.8) is 0 Å². The second-order valence-corrected chi connectivity index (χ2v) is 7.43. The first-order valence-electron chi connectivity index (χ1n) is 8.69. The number of aryl methyl sites for hydroxylation is 1. The van der Waals surface area contributed by atoms with E-state index in [1.165, 1.54) is 0 Å². The van der Waals surface area contributed by atoms with Gasteiger partial charge in [0.1, 0.15) is 6.04 Å². The molecule has 27 heavy (non-hydrogen) atoms. The van der Waals surface area contributed by atoms with E-state index in [4.69, 9.17) is 27.7 Å². The molecule has 0 bridgehead atoms. The summed E-state index contributed by atoms with van der Waals surface area (Å²) >= 11 is 12.0. The Kier molecular flexibility index (Phi) is 4.89. The van der Waals surface area contributed by atoms with E-state index in [2.05, 4.69) is 10.1 Å². The number of rotatable bonds is 3. The number of amides is 1. The van der Waals surface area contributed by atoms with Gasteiger partial charge in [-0.05, 0) is 44.0 Å². The van der Waals surface area contributed by atoms with Gasteiger partial charge in [-0.2, -0.15) is 4.98 Å². The fourth-order valence-corrected chi connectivity index (χ4v) is 3.63. The summed E-state index contributed by atoms with van der Waals surface area (Å²) in [5.41, 5.74) is 2.51. The standard InChI is InChI=1S/C20H17Cl2N3O2/c1-12-4-2-5-13(10-12)18-23-19(27-24-18)17-6-3-9-25(17)20(26)14-7-8-15(21)16(22)11-14/h2,4-5,7-8,10-11,17H,3,6,9H2,1H3/t17-/m1/s1. The fourth-order valence-electron chi connectivity index (χ4n) is 3.33. The van der Waals surface area contributed by atoms with Crippen LogP contribution >= 0.6 is 23.2 Å². The zero-order valence-corrected chi connectivity index (χ0v) is 16.2. The summed E-state index contributed by atoms with van der Waals surface area (Å²) in [6, 6.07) is 12.6. The minimum Gasteiger partial charge on any atom is -0.337 e. The summed E-state index contributed by atoms with van der Waals surface area (Å²) in [6.45, 7) is 2.64. The van der Waals surface area contributed by atoms with E-state index in [1.807, 2.05) is 31.2 Å². The summed E-state index contributed by atoms with van der Waals surface area (Å²) in [5.74, 6) is 0.867. The Morgan fingerprint density at radius 1 is 1.19 bits per heavy atom. The van der Waals surface area contributed by atoms with E-state index >= 15 is 0 Å². The Balaban J connectivity index is 1.60. The Morgan fingerprint density at radius 2 is 2.04 bits per heavy atom. The molecular weight excluding hydrogens is 385 g/mol. The van der Waals surface area contributed by atoms with Gasteiger partial charge >= 0.3 is 0 Å². The number of halogens is 2. The summed E-state index contributed by atoms with van der Waals surface area (Å²) in [7, 11) is 0. The second kappa shape index (κ2) is 7.33. The first kappa shape index (κ1) is 18.0. The van der Waals surface area contributed by atoms with Gasteiger partial charge in [0.2, 0.25) is 11.7 Å². The van der Waals surface area contributed by atoms with Crippen molar-refractivity contribution in [2.75, 3.05) is 6.54 Å². The smallest absolute Gasteiger partial charge is 0.254 e. The highest BCUT2D eigenvalue weighted by molar-refractivity contribution is 6.42. The third-order valence-electron chi connectivity index (χ3n) is 4.68. The minimum absolute atomic E-state index is 0.119. The van der Waals surface area contributed by atoms with Crippen LogP contribution in [0.3, 0.4) is 0 Å². The zero-order chi connectivity index (χ0) is 19.0. The van der Waals surface area contributed by atoms with Crippen molar-refractivity contribution in [2.45, 2.75) is 25.8 Å². The SMILES string of the molecule is Cc1cccc(-c2noc([C@H]3CCCN3C(=O)c3ccc(Cl)c(Cl)c3)n2)c1. The molecule has 0 radical (unpaired) electrons. The molecule has 2 aromatic carbocycles. The lowest BCUT2D eigenvalue weighted by Gasteiger charge is -2.22. The quantitative estimate of drug-likeness (QED) is 0.594. The van der Waals surface area contributed by atoms with E-state index in [-0.39, 0.29) is 11.9 Å². The molecule has 1 atom stereocenters. The molecule has 1 amide bonds. The van der Waals surface area contributed by atoms with Crippen LogP contribution in [0, 0.1) is 6.92 Å². The average molecular weight is 402 g/mol. The molecule has 2 heterocycles. The van der Waals surface area contributed by atoms with E-state index in [0.29, 0.717) is 33.9 Å². The molecule has 5 nitrogen and oxygen atoms in total. The third kappa shape index (κ3) is 3.57. The highest BCUT2D eigenvalue weighted by Crippen LogP contribution is 2.34. The summed E-state index contributed by atoms with van der Waals surface area (Å²) in [6.07, 6.45) is 1.66. The van der Waals surface area contributed by atoms with Gasteiger partial charge in [-0.1, -0.05) is 52.1 Å². The van der Waals surface area contributed by atoms with E-state index in [0.717, 1.165) is 24.0 Å². The molecule has 138 valence electrons. The number of benzene rings is 2. The molecule has 1 fully saturated rings. The van der Waals surface area contributed by atoms with Crippen molar-refractivity contribution in [1.29, 1.82) is 0 Å². The van der Waals surface area contributed by atoms with Crippen molar-refractivity contribution >= 4 is 29.1 Å². The molecule has 4 rings (SSSR count). The maximum absolute atomic E-state index is 12.9. The number of hydrogen-bond acceptors (Lipinski definition) is 4. The van der Waals surface area contributed by atoms with Crippen molar-refractivity contribution in [1.82, 2.24) is 15.0 Å². The van der Waals surface area contributed by atoms with E-state index < -0.39 is 0 Å². The van der Waals surface area contributed by atoms with Gasteiger partial charge in [0.25, 0.3) is 5.91 Å². The molecule has 7 heteroatoms. The van der Waals surface area contributed by atoms with Crippen molar-refractivity contribution < 1.29 is 9.32 Å². The molecule has 0 spiro atoms. The predicted octanol–water partition coefficient (Wildman–Crippen LogP) is 5.33. The fraction of sp³-hybridized carbons (Fsp3) is 0.250. The van der Waals surface area contributed by atoms with Crippen LogP contribution in [0.15, 0.2) is 47.0 Å². The maximum Gasteiger partial charge on any atom is 0.254 e. The molecule has 1 aliphatic rings. The highest BCUT2D eigenvalue weighted by atomic mass is 35.5. The minimum atomic E-state index is -0.238. The van der Waals surface area contributed by atoms with Crippen LogP contribution in [-0.2, 0) is 0 Å². The van der Waals surface area contributed by atoms with E-state index in [1.54, 1.807) is 23.1 Å². The molecule has 1 aromatic heterocycles. The van der Waals surface area contributed by atoms with Gasteiger partial charge in [-0.25, -0.2) is 0 Å². The first-order chi connectivity index (χ1) is 13.0. The Morgan fingerprint density at radius 3 is 2.81 bits per heavy atom. The van der Waals surface area contributed by atoms with Crippen molar-refractivity contribution in [3.8, 4) is 11.4 Å². The van der Waals surface area contributed by atoms with Crippen molar-refractivity contribution in [2.24, 2.45) is 0 Å². The summed E-state index contributed by atoms with van der Waals surface area (Å²) < 4.78 is 5.50. The van der Waals surface area contributed by atoms with Gasteiger partial charge < -0.3 is 9.42 Å². The number of likely N-dealkylation sites (tertiary alicyclic amines) is 1. The van der Waals surface area contributed by atoms with Crippen molar-refractivity contribution in [3.05, 3.63) is 69.5 Å². The topological polar surface area (TPSA) is 59.2 Å². The molecule has 0 unspecified atom stereocenters. The van der Waals surface area contributed by atoms with Gasteiger partial charge in [0, 0.05) is 17.7 Å². The van der Waals surface area contributed by atoms with Crippen LogP contribution < -0.4 is 0 Å². The zero-order valence-electron chi connectivity index (χ0n) is 14.7. The summed E-state index contributed by atoms with van der Waals surface area (Å²) in [4.78, 5) is 19.2. The normalized spacial score (nSPS) is 16.7. The highest BCUT2D eigenvalue weighted by Gasteiger charge is 2.34. The van der Waals surface area contributed by atoms with E-state index in [9.17, 15) is 4.79 Å². The number of nitrogens with zero attached hydrogens (tertiary/aromatic N) is 3. The lowest BCUT2D eigenvalue weighted by molar-refractivity contribution is 0.0710. The van der Waals surface area contributed by atoms with Crippen LogP contribution in [0.4, 0.5) is 0 Å². The number of carbonyl (C=O) groups is 1.